The molecule has 0 amide bonds. The lowest BCUT2D eigenvalue weighted by Gasteiger charge is -2.24. The molecule has 216 valence electrons. The largest absolute Gasteiger partial charge is 0.480 e. The maximum atomic E-state index is 12.1. The van der Waals surface area contributed by atoms with Gasteiger partial charge in [0.25, 0.3) is 0 Å². The number of carboxylic acids is 1. The third-order valence-corrected chi connectivity index (χ3v) is 8.26. The number of imidazole rings is 2. The molecular formula is C33H47N5O2. The van der Waals surface area contributed by atoms with Crippen LogP contribution in [0.5, 0.6) is 0 Å². The van der Waals surface area contributed by atoms with Crippen molar-refractivity contribution in [3.05, 3.63) is 60.2 Å². The lowest BCUT2D eigenvalue weighted by atomic mass is 9.99. The zero-order valence-corrected chi connectivity index (χ0v) is 24.9. The number of benzene rings is 2. The number of aliphatic carboxylic acids is 1. The van der Waals surface area contributed by atoms with E-state index in [2.05, 4.69) is 73.2 Å². The molecule has 0 aliphatic rings. The number of unbranched alkanes of at least 4 members (excludes halogenated alkanes) is 1. The molecule has 2 aromatic carbocycles. The third kappa shape index (κ3) is 7.30. The topological polar surface area (TPSA) is 76.2 Å². The van der Waals surface area contributed by atoms with Crippen LogP contribution in [0.15, 0.2) is 48.5 Å². The van der Waals surface area contributed by atoms with Crippen molar-refractivity contribution in [3.63, 3.8) is 0 Å². The molecule has 0 saturated carbocycles. The van der Waals surface area contributed by atoms with Gasteiger partial charge < -0.3 is 14.2 Å². The first kappa shape index (κ1) is 29.8. The highest BCUT2D eigenvalue weighted by Gasteiger charge is 2.22. The minimum absolute atomic E-state index is 0.0639. The van der Waals surface area contributed by atoms with Crippen molar-refractivity contribution < 1.29 is 9.90 Å². The molecule has 4 rings (SSSR count). The summed E-state index contributed by atoms with van der Waals surface area (Å²) >= 11 is 0. The number of fused-ring (bicyclic) bond motifs is 2. The molecule has 0 bridgehead atoms. The molecule has 0 spiro atoms. The number of nitrogens with zero attached hydrogens (tertiary/aromatic N) is 5. The molecule has 0 aliphatic heterocycles. The maximum Gasteiger partial charge on any atom is 0.317 e. The van der Waals surface area contributed by atoms with Crippen LogP contribution in [0.1, 0.15) is 84.3 Å². The van der Waals surface area contributed by atoms with Gasteiger partial charge in [-0.15, -0.1) is 0 Å². The van der Waals surface area contributed by atoms with Gasteiger partial charge in [0.05, 0.1) is 41.7 Å². The Morgan fingerprint density at radius 3 is 1.73 bits per heavy atom. The van der Waals surface area contributed by atoms with Crippen molar-refractivity contribution in [1.29, 1.82) is 0 Å². The van der Waals surface area contributed by atoms with Crippen molar-refractivity contribution in [2.75, 3.05) is 6.54 Å². The molecule has 0 fully saturated rings. The summed E-state index contributed by atoms with van der Waals surface area (Å²) in [5, 5.41) is 9.90. The Morgan fingerprint density at radius 1 is 0.775 bits per heavy atom. The molecule has 0 aliphatic carbocycles. The fourth-order valence-corrected chi connectivity index (χ4v) is 5.93. The Bertz CT molecular complexity index is 1370. The smallest absolute Gasteiger partial charge is 0.317 e. The fraction of sp³-hybridized carbons (Fsp3) is 0.545. The molecular weight excluding hydrogens is 498 g/mol. The summed E-state index contributed by atoms with van der Waals surface area (Å²) in [6.07, 6.45) is 8.15. The predicted molar refractivity (Wildman–Crippen MR) is 163 cm³/mol. The number of carboxylic acid groups (broad SMARTS) is 1. The molecule has 2 heterocycles. The quantitative estimate of drug-likeness (QED) is 0.149. The SMILES string of the molecule is CCCCC(CC)Cn1c(CN(CC(=O)O)Cc2nc3ccccc3n2CC(CC)CCC)nc2ccccc21. The Hall–Kier alpha value is -3.19. The number of hydrogen-bond acceptors (Lipinski definition) is 4. The summed E-state index contributed by atoms with van der Waals surface area (Å²) in [6, 6.07) is 16.5. The van der Waals surface area contributed by atoms with E-state index in [0.29, 0.717) is 24.9 Å². The molecule has 0 saturated heterocycles. The van der Waals surface area contributed by atoms with Crippen molar-refractivity contribution in [2.24, 2.45) is 11.8 Å². The number of carbonyl (C=O) groups is 1. The van der Waals surface area contributed by atoms with E-state index in [4.69, 9.17) is 9.97 Å². The highest BCUT2D eigenvalue weighted by Crippen LogP contribution is 2.25. The highest BCUT2D eigenvalue weighted by molar-refractivity contribution is 5.76. The molecule has 0 radical (unpaired) electrons. The summed E-state index contributed by atoms with van der Waals surface area (Å²) in [4.78, 5) is 24.1. The Kier molecular flexibility index (Phi) is 10.8. The first-order valence-corrected chi connectivity index (χ1v) is 15.3. The van der Waals surface area contributed by atoms with Crippen LogP contribution in [0.2, 0.25) is 0 Å². The zero-order chi connectivity index (χ0) is 28.5. The van der Waals surface area contributed by atoms with Gasteiger partial charge in [-0.3, -0.25) is 9.69 Å². The zero-order valence-electron chi connectivity index (χ0n) is 24.9. The number of para-hydroxylation sites is 4. The fourth-order valence-electron chi connectivity index (χ4n) is 5.93. The molecule has 4 aromatic rings. The highest BCUT2D eigenvalue weighted by atomic mass is 16.4. The van der Waals surface area contributed by atoms with Crippen LogP contribution in [0.25, 0.3) is 22.1 Å². The Morgan fingerprint density at radius 2 is 1.27 bits per heavy atom. The molecule has 2 unspecified atom stereocenters. The van der Waals surface area contributed by atoms with E-state index in [9.17, 15) is 9.90 Å². The van der Waals surface area contributed by atoms with E-state index >= 15 is 0 Å². The summed E-state index contributed by atoms with van der Waals surface area (Å²) in [7, 11) is 0. The molecule has 7 heteroatoms. The molecule has 2 aromatic heterocycles. The van der Waals surface area contributed by atoms with Crippen LogP contribution in [0, 0.1) is 11.8 Å². The van der Waals surface area contributed by atoms with Crippen LogP contribution in [-0.4, -0.2) is 41.6 Å². The maximum absolute atomic E-state index is 12.1. The number of rotatable bonds is 17. The summed E-state index contributed by atoms with van der Waals surface area (Å²) in [5.41, 5.74) is 4.18. The van der Waals surface area contributed by atoms with E-state index in [1.54, 1.807) is 0 Å². The van der Waals surface area contributed by atoms with E-state index in [0.717, 1.165) is 66.1 Å². The second-order valence-electron chi connectivity index (χ2n) is 11.3. The molecule has 40 heavy (non-hydrogen) atoms. The van der Waals surface area contributed by atoms with Crippen molar-refractivity contribution in [2.45, 2.75) is 98.8 Å². The number of aromatic nitrogens is 4. The summed E-state index contributed by atoms with van der Waals surface area (Å²) in [5.74, 6) is 2.15. The van der Waals surface area contributed by atoms with Crippen LogP contribution in [-0.2, 0) is 31.0 Å². The molecule has 7 nitrogen and oxygen atoms in total. The van der Waals surface area contributed by atoms with E-state index in [1.807, 2.05) is 17.0 Å². The monoisotopic (exact) mass is 545 g/mol. The van der Waals surface area contributed by atoms with Crippen molar-refractivity contribution >= 4 is 28.0 Å². The van der Waals surface area contributed by atoms with Crippen LogP contribution in [0.3, 0.4) is 0 Å². The van der Waals surface area contributed by atoms with Crippen molar-refractivity contribution in [3.8, 4) is 0 Å². The minimum Gasteiger partial charge on any atom is -0.480 e. The van der Waals surface area contributed by atoms with Gasteiger partial charge in [-0.05, 0) is 48.9 Å². The first-order chi connectivity index (χ1) is 19.5. The van der Waals surface area contributed by atoms with E-state index in [1.165, 1.54) is 25.7 Å². The molecule has 1 N–H and O–H groups in total. The van der Waals surface area contributed by atoms with Gasteiger partial charge in [0.2, 0.25) is 0 Å². The van der Waals surface area contributed by atoms with Crippen LogP contribution in [0.4, 0.5) is 0 Å². The van der Waals surface area contributed by atoms with Gasteiger partial charge in [-0.25, -0.2) is 9.97 Å². The lowest BCUT2D eigenvalue weighted by Crippen LogP contribution is -2.32. The van der Waals surface area contributed by atoms with Crippen LogP contribution >= 0.6 is 0 Å². The average Bonchev–Trinajstić information content (AvgIpc) is 3.47. The molecule has 2 atom stereocenters. The van der Waals surface area contributed by atoms with Crippen LogP contribution < -0.4 is 0 Å². The number of hydrogen-bond donors (Lipinski definition) is 1. The Balaban J connectivity index is 1.68. The van der Waals surface area contributed by atoms with Gasteiger partial charge >= 0.3 is 5.97 Å². The second kappa shape index (κ2) is 14.4. The first-order valence-electron chi connectivity index (χ1n) is 15.3. The summed E-state index contributed by atoms with van der Waals surface area (Å²) < 4.78 is 4.67. The van der Waals surface area contributed by atoms with Crippen molar-refractivity contribution in [1.82, 2.24) is 24.0 Å². The predicted octanol–water partition coefficient (Wildman–Crippen LogP) is 7.52. The van der Waals surface area contributed by atoms with Gasteiger partial charge in [0, 0.05) is 13.1 Å². The average molecular weight is 546 g/mol. The van der Waals surface area contributed by atoms with E-state index < -0.39 is 5.97 Å². The summed E-state index contributed by atoms with van der Waals surface area (Å²) in [6.45, 7) is 11.7. The lowest BCUT2D eigenvalue weighted by molar-refractivity contribution is -0.138. The third-order valence-electron chi connectivity index (χ3n) is 8.26. The minimum atomic E-state index is -0.836. The van der Waals surface area contributed by atoms with Gasteiger partial charge in [-0.1, -0.05) is 84.1 Å². The van der Waals surface area contributed by atoms with Gasteiger partial charge in [0.1, 0.15) is 11.6 Å². The normalized spacial score (nSPS) is 13.4. The second-order valence-corrected chi connectivity index (χ2v) is 11.3. The van der Waals surface area contributed by atoms with Gasteiger partial charge in [0.15, 0.2) is 0 Å². The standard InChI is InChI=1S/C33H47N5O2/c1-5-9-15-26(8-4)21-38-30-19-13-11-17-28(30)35-32(38)23-36(24-33(39)40)22-31-34-27-16-10-12-18-29(27)37(31)20-25(7-3)14-6-2/h10-13,16-19,25-26H,5-9,14-15,20-24H2,1-4H3,(H,39,40). The Labute approximate surface area is 239 Å². The van der Waals surface area contributed by atoms with Gasteiger partial charge in [-0.2, -0.15) is 0 Å². The van der Waals surface area contributed by atoms with E-state index in [-0.39, 0.29) is 6.54 Å².